The summed E-state index contributed by atoms with van der Waals surface area (Å²) in [5.41, 5.74) is 7.36. The molecule has 10 nitrogen and oxygen atoms in total. The highest BCUT2D eigenvalue weighted by molar-refractivity contribution is 6.04. The number of piperazine rings is 1. The summed E-state index contributed by atoms with van der Waals surface area (Å²) in [6.45, 7) is 1.83. The maximum absolute atomic E-state index is 14.8. The van der Waals surface area contributed by atoms with Gasteiger partial charge in [0.25, 0.3) is 11.8 Å². The topological polar surface area (TPSA) is 139 Å². The van der Waals surface area contributed by atoms with E-state index in [4.69, 9.17) is 10.8 Å². The van der Waals surface area contributed by atoms with Crippen molar-refractivity contribution in [1.29, 1.82) is 0 Å². The molecule has 1 fully saturated rings. The number of carbonyl (C=O) groups excluding carboxylic acids is 3. The molecular formula is C25H30FN5O5. The van der Waals surface area contributed by atoms with Crippen molar-refractivity contribution in [3.05, 3.63) is 71.8 Å². The van der Waals surface area contributed by atoms with Crippen LogP contribution in [-0.4, -0.2) is 83.2 Å². The normalized spacial score (nSPS) is 14.8. The molecule has 1 aliphatic heterocycles. The van der Waals surface area contributed by atoms with Crippen LogP contribution >= 0.6 is 0 Å². The zero-order valence-electron chi connectivity index (χ0n) is 19.9. The standard InChI is InChI=1S/C25H30FN5O5/c1-17(33)31(24(35)18-5-3-2-4-6-18)15-19(27)14-28-20-7-8-22(21(26)13-20)29-9-11-30(12-10-29)25(36)23(34)16-32/h2-8,13-14,23,28,32,34H,9-12,15-16,27H2,1H3/b19-14-. The molecule has 1 saturated heterocycles. The second-order valence-corrected chi connectivity index (χ2v) is 8.32. The number of nitrogens with zero attached hydrogens (tertiary/aromatic N) is 3. The molecule has 1 unspecified atom stereocenters. The molecular weight excluding hydrogens is 469 g/mol. The van der Waals surface area contributed by atoms with Gasteiger partial charge in [0, 0.05) is 56.3 Å². The van der Waals surface area contributed by atoms with Crippen molar-refractivity contribution in [1.82, 2.24) is 9.80 Å². The van der Waals surface area contributed by atoms with Gasteiger partial charge >= 0.3 is 0 Å². The van der Waals surface area contributed by atoms with E-state index in [9.17, 15) is 23.9 Å². The third-order valence-corrected chi connectivity index (χ3v) is 5.75. The van der Waals surface area contributed by atoms with Crippen LogP contribution in [0.3, 0.4) is 0 Å². The number of carbonyl (C=O) groups is 3. The number of rotatable bonds is 8. The summed E-state index contributed by atoms with van der Waals surface area (Å²) in [6.07, 6.45) is -0.0439. The van der Waals surface area contributed by atoms with Crippen LogP contribution < -0.4 is 16.0 Å². The van der Waals surface area contributed by atoms with Gasteiger partial charge in [-0.3, -0.25) is 19.3 Å². The highest BCUT2D eigenvalue weighted by atomic mass is 19.1. The van der Waals surface area contributed by atoms with Gasteiger partial charge in [-0.05, 0) is 30.3 Å². The summed E-state index contributed by atoms with van der Waals surface area (Å²) >= 11 is 0. The molecule has 1 heterocycles. The summed E-state index contributed by atoms with van der Waals surface area (Å²) in [6, 6.07) is 12.9. The van der Waals surface area contributed by atoms with Gasteiger partial charge < -0.3 is 31.1 Å². The first-order chi connectivity index (χ1) is 17.2. The maximum atomic E-state index is 14.8. The van der Waals surface area contributed by atoms with Crippen molar-refractivity contribution in [2.45, 2.75) is 13.0 Å². The highest BCUT2D eigenvalue weighted by Gasteiger charge is 2.26. The van der Waals surface area contributed by atoms with E-state index in [0.29, 0.717) is 43.1 Å². The number of aliphatic hydroxyl groups excluding tert-OH is 2. The van der Waals surface area contributed by atoms with E-state index in [-0.39, 0.29) is 12.2 Å². The Morgan fingerprint density at radius 2 is 1.81 bits per heavy atom. The number of nitrogens with two attached hydrogens (primary N) is 1. The van der Waals surface area contributed by atoms with Crippen LogP contribution in [-0.2, 0) is 9.59 Å². The Hall–Kier alpha value is -3.96. The summed E-state index contributed by atoms with van der Waals surface area (Å²) in [5.74, 6) is -1.95. The summed E-state index contributed by atoms with van der Waals surface area (Å²) in [5, 5.41) is 21.3. The van der Waals surface area contributed by atoms with E-state index < -0.39 is 36.2 Å². The first-order valence-corrected chi connectivity index (χ1v) is 11.4. The lowest BCUT2D eigenvalue weighted by Crippen LogP contribution is -2.52. The third-order valence-electron chi connectivity index (χ3n) is 5.75. The predicted molar refractivity (Wildman–Crippen MR) is 132 cm³/mol. The molecule has 0 spiro atoms. The summed E-state index contributed by atoms with van der Waals surface area (Å²) in [7, 11) is 0. The summed E-state index contributed by atoms with van der Waals surface area (Å²) in [4.78, 5) is 40.9. The third kappa shape index (κ3) is 6.58. The van der Waals surface area contributed by atoms with Crippen molar-refractivity contribution in [3.63, 3.8) is 0 Å². The molecule has 1 atom stereocenters. The molecule has 5 N–H and O–H groups in total. The number of nitrogens with one attached hydrogen (secondary N) is 1. The van der Waals surface area contributed by atoms with Crippen LogP contribution in [0.15, 0.2) is 60.4 Å². The van der Waals surface area contributed by atoms with Crippen LogP contribution in [0.2, 0.25) is 0 Å². The van der Waals surface area contributed by atoms with Crippen molar-refractivity contribution in [3.8, 4) is 0 Å². The van der Waals surface area contributed by atoms with Gasteiger partial charge in [0.05, 0.1) is 18.8 Å². The number of aliphatic hydroxyl groups is 2. The second-order valence-electron chi connectivity index (χ2n) is 8.32. The Bertz CT molecular complexity index is 1120. The average molecular weight is 500 g/mol. The Morgan fingerprint density at radius 1 is 1.14 bits per heavy atom. The molecule has 2 aromatic carbocycles. The molecule has 3 rings (SSSR count). The highest BCUT2D eigenvalue weighted by Crippen LogP contribution is 2.24. The monoisotopic (exact) mass is 499 g/mol. The molecule has 0 bridgehead atoms. The van der Waals surface area contributed by atoms with Crippen LogP contribution in [0, 0.1) is 5.82 Å². The zero-order valence-corrected chi connectivity index (χ0v) is 19.9. The van der Waals surface area contributed by atoms with Crippen molar-refractivity contribution in [2.75, 3.05) is 49.5 Å². The van der Waals surface area contributed by atoms with E-state index >= 15 is 0 Å². The Kier molecular flexibility index (Phi) is 8.98. The maximum Gasteiger partial charge on any atom is 0.260 e. The minimum absolute atomic E-state index is 0.134. The number of halogens is 1. The number of imide groups is 1. The lowest BCUT2D eigenvalue weighted by Gasteiger charge is -2.36. The molecule has 11 heteroatoms. The van der Waals surface area contributed by atoms with E-state index in [1.807, 2.05) is 0 Å². The van der Waals surface area contributed by atoms with Gasteiger partial charge in [0.15, 0.2) is 6.10 Å². The smallest absolute Gasteiger partial charge is 0.260 e. The second kappa shape index (κ2) is 12.1. The molecule has 0 radical (unpaired) electrons. The van der Waals surface area contributed by atoms with E-state index in [1.165, 1.54) is 24.1 Å². The number of hydrogen-bond acceptors (Lipinski definition) is 8. The number of amides is 3. The first kappa shape index (κ1) is 26.6. The lowest BCUT2D eigenvalue weighted by molar-refractivity contribution is -0.142. The number of anilines is 2. The van der Waals surface area contributed by atoms with Gasteiger partial charge in [-0.2, -0.15) is 0 Å². The van der Waals surface area contributed by atoms with E-state index in [2.05, 4.69) is 5.32 Å². The van der Waals surface area contributed by atoms with E-state index in [1.54, 1.807) is 47.4 Å². The minimum Gasteiger partial charge on any atom is -0.399 e. The zero-order chi connectivity index (χ0) is 26.2. The fraction of sp³-hybridized carbons (Fsp3) is 0.320. The molecule has 0 aliphatic carbocycles. The Morgan fingerprint density at radius 3 is 2.39 bits per heavy atom. The molecule has 36 heavy (non-hydrogen) atoms. The van der Waals surface area contributed by atoms with Crippen molar-refractivity contribution >= 4 is 29.1 Å². The molecule has 192 valence electrons. The average Bonchev–Trinajstić information content (AvgIpc) is 2.89. The van der Waals surface area contributed by atoms with Gasteiger partial charge in [0.1, 0.15) is 5.82 Å². The van der Waals surface area contributed by atoms with E-state index in [0.717, 1.165) is 4.90 Å². The van der Waals surface area contributed by atoms with Gasteiger partial charge in [-0.25, -0.2) is 4.39 Å². The number of hydrogen-bond donors (Lipinski definition) is 4. The van der Waals surface area contributed by atoms with Gasteiger partial charge in [0.2, 0.25) is 5.91 Å². The molecule has 0 saturated carbocycles. The lowest BCUT2D eigenvalue weighted by atomic mass is 10.2. The minimum atomic E-state index is -1.45. The first-order valence-electron chi connectivity index (χ1n) is 11.4. The van der Waals surface area contributed by atoms with Crippen LogP contribution in [0.5, 0.6) is 0 Å². The van der Waals surface area contributed by atoms with Gasteiger partial charge in [-0.15, -0.1) is 0 Å². The Labute approximate surface area is 208 Å². The van der Waals surface area contributed by atoms with Crippen LogP contribution in [0.4, 0.5) is 15.8 Å². The fourth-order valence-electron chi connectivity index (χ4n) is 3.78. The fourth-order valence-corrected chi connectivity index (χ4v) is 3.78. The Balaban J connectivity index is 1.60. The van der Waals surface area contributed by atoms with Gasteiger partial charge in [-0.1, -0.05) is 18.2 Å². The predicted octanol–water partition coefficient (Wildman–Crippen LogP) is 0.728. The molecule has 0 aromatic heterocycles. The summed E-state index contributed by atoms with van der Waals surface area (Å²) < 4.78 is 14.8. The van der Waals surface area contributed by atoms with Crippen LogP contribution in [0.1, 0.15) is 17.3 Å². The molecule has 1 aliphatic rings. The quantitative estimate of drug-likeness (QED) is 0.417. The van der Waals surface area contributed by atoms with Crippen molar-refractivity contribution < 1.29 is 29.0 Å². The number of benzene rings is 2. The largest absolute Gasteiger partial charge is 0.399 e. The molecule has 3 amide bonds. The van der Waals surface area contributed by atoms with Crippen LogP contribution in [0.25, 0.3) is 0 Å². The SMILES string of the molecule is CC(=O)N(C/C(N)=C/Nc1ccc(N2CCN(C(=O)C(O)CO)CC2)c(F)c1)C(=O)c1ccccc1. The molecule has 2 aromatic rings. The van der Waals surface area contributed by atoms with Crippen molar-refractivity contribution in [2.24, 2.45) is 5.73 Å².